The number of rotatable bonds is 8. The summed E-state index contributed by atoms with van der Waals surface area (Å²) in [5.41, 5.74) is 0. The zero-order valence-corrected chi connectivity index (χ0v) is 11.5. The molecule has 0 aliphatic heterocycles. The fourth-order valence-electron chi connectivity index (χ4n) is 1.99. The first kappa shape index (κ1) is 13.5. The number of hydrogen-bond donors (Lipinski definition) is 1. The van der Waals surface area contributed by atoms with Gasteiger partial charge in [-0.15, -0.1) is 0 Å². The minimum absolute atomic E-state index is 0.0193. The lowest BCUT2D eigenvalue weighted by Crippen LogP contribution is -2.19. The lowest BCUT2D eigenvalue weighted by molar-refractivity contribution is 0.0384. The van der Waals surface area contributed by atoms with Crippen LogP contribution in [0.4, 0.5) is 0 Å². The third kappa shape index (κ3) is 3.29. The first-order chi connectivity index (χ1) is 8.76. The third-order valence-corrected chi connectivity index (χ3v) is 3.18. The molecule has 1 saturated carbocycles. The Morgan fingerprint density at radius 2 is 2.22 bits per heavy atom. The predicted molar refractivity (Wildman–Crippen MR) is 68.1 cm³/mol. The number of ether oxygens (including phenoxy) is 1. The van der Waals surface area contributed by atoms with E-state index in [1.165, 1.54) is 12.8 Å². The molecule has 2 unspecified atom stereocenters. The Labute approximate surface area is 108 Å². The van der Waals surface area contributed by atoms with Crippen molar-refractivity contribution in [2.75, 3.05) is 13.2 Å². The SMILES string of the molecule is CCCNC(C)c1nc(C(OCC)C2CC2)no1. The molecular weight excluding hydrogens is 230 g/mol. The van der Waals surface area contributed by atoms with Gasteiger partial charge in [0.05, 0.1) is 6.04 Å². The van der Waals surface area contributed by atoms with Crippen LogP contribution in [0.1, 0.15) is 63.9 Å². The number of nitrogens with zero attached hydrogens (tertiary/aromatic N) is 2. The van der Waals surface area contributed by atoms with Crippen LogP contribution in [0.15, 0.2) is 4.52 Å². The Morgan fingerprint density at radius 3 is 2.83 bits per heavy atom. The van der Waals surface area contributed by atoms with E-state index in [1.807, 2.05) is 13.8 Å². The van der Waals surface area contributed by atoms with E-state index in [1.54, 1.807) is 0 Å². The van der Waals surface area contributed by atoms with Crippen molar-refractivity contribution < 1.29 is 9.26 Å². The molecule has 2 rings (SSSR count). The fourth-order valence-corrected chi connectivity index (χ4v) is 1.99. The summed E-state index contributed by atoms with van der Waals surface area (Å²) in [5.74, 6) is 1.94. The summed E-state index contributed by atoms with van der Waals surface area (Å²) in [4.78, 5) is 4.48. The van der Waals surface area contributed by atoms with Crippen LogP contribution in [0.2, 0.25) is 0 Å². The molecule has 1 N–H and O–H groups in total. The Bertz CT molecular complexity index is 363. The highest BCUT2D eigenvalue weighted by molar-refractivity contribution is 5.00. The Hall–Kier alpha value is -0.940. The van der Waals surface area contributed by atoms with Crippen molar-refractivity contribution in [3.8, 4) is 0 Å². The number of aromatic nitrogens is 2. The van der Waals surface area contributed by atoms with E-state index in [9.17, 15) is 0 Å². The molecule has 5 nitrogen and oxygen atoms in total. The minimum Gasteiger partial charge on any atom is -0.370 e. The second-order valence-corrected chi connectivity index (χ2v) is 4.88. The van der Waals surface area contributed by atoms with E-state index >= 15 is 0 Å². The van der Waals surface area contributed by atoms with E-state index in [2.05, 4.69) is 22.4 Å². The first-order valence-corrected chi connectivity index (χ1v) is 6.94. The summed E-state index contributed by atoms with van der Waals surface area (Å²) in [6.45, 7) is 7.82. The molecule has 1 heterocycles. The fraction of sp³-hybridized carbons (Fsp3) is 0.846. The van der Waals surface area contributed by atoms with Gasteiger partial charge in [-0.05, 0) is 45.6 Å². The highest BCUT2D eigenvalue weighted by atomic mass is 16.5. The maximum atomic E-state index is 5.72. The molecule has 1 aromatic heterocycles. The van der Waals surface area contributed by atoms with Crippen molar-refractivity contribution in [3.05, 3.63) is 11.7 Å². The van der Waals surface area contributed by atoms with Crippen LogP contribution in [0, 0.1) is 5.92 Å². The molecule has 0 amide bonds. The van der Waals surface area contributed by atoms with Crippen LogP contribution >= 0.6 is 0 Å². The van der Waals surface area contributed by atoms with Crippen molar-refractivity contribution in [2.24, 2.45) is 5.92 Å². The average molecular weight is 253 g/mol. The van der Waals surface area contributed by atoms with Crippen LogP contribution in [-0.2, 0) is 4.74 Å². The van der Waals surface area contributed by atoms with Gasteiger partial charge in [-0.25, -0.2) is 0 Å². The molecule has 18 heavy (non-hydrogen) atoms. The lowest BCUT2D eigenvalue weighted by atomic mass is 10.2. The molecule has 0 bridgehead atoms. The van der Waals surface area contributed by atoms with E-state index in [0.29, 0.717) is 24.2 Å². The van der Waals surface area contributed by atoms with Gasteiger partial charge in [0.2, 0.25) is 11.7 Å². The number of nitrogens with one attached hydrogen (secondary N) is 1. The molecule has 5 heteroatoms. The molecule has 1 aliphatic rings. The monoisotopic (exact) mass is 253 g/mol. The average Bonchev–Trinajstić information content (AvgIpc) is 3.09. The second-order valence-electron chi connectivity index (χ2n) is 4.88. The summed E-state index contributed by atoms with van der Waals surface area (Å²) >= 11 is 0. The third-order valence-electron chi connectivity index (χ3n) is 3.18. The molecule has 0 spiro atoms. The molecule has 1 aliphatic carbocycles. The Morgan fingerprint density at radius 1 is 1.44 bits per heavy atom. The maximum absolute atomic E-state index is 5.72. The number of hydrogen-bond acceptors (Lipinski definition) is 5. The van der Waals surface area contributed by atoms with Gasteiger partial charge in [0.15, 0.2) is 0 Å². The van der Waals surface area contributed by atoms with Crippen molar-refractivity contribution in [2.45, 2.75) is 52.2 Å². The van der Waals surface area contributed by atoms with Crippen LogP contribution in [0.25, 0.3) is 0 Å². The van der Waals surface area contributed by atoms with Gasteiger partial charge < -0.3 is 14.6 Å². The normalized spacial score (nSPS) is 18.8. The predicted octanol–water partition coefficient (Wildman–Crippen LogP) is 2.62. The van der Waals surface area contributed by atoms with Gasteiger partial charge in [0.1, 0.15) is 6.10 Å². The van der Waals surface area contributed by atoms with E-state index in [0.717, 1.165) is 13.0 Å². The van der Waals surface area contributed by atoms with E-state index < -0.39 is 0 Å². The topological polar surface area (TPSA) is 60.2 Å². The van der Waals surface area contributed by atoms with Crippen molar-refractivity contribution in [1.82, 2.24) is 15.5 Å². The molecule has 0 saturated heterocycles. The molecule has 1 fully saturated rings. The van der Waals surface area contributed by atoms with Gasteiger partial charge in [0, 0.05) is 6.61 Å². The van der Waals surface area contributed by atoms with Crippen molar-refractivity contribution >= 4 is 0 Å². The molecule has 2 atom stereocenters. The summed E-state index contributed by atoms with van der Waals surface area (Å²) in [5, 5.41) is 7.42. The molecule has 0 radical (unpaired) electrons. The zero-order valence-electron chi connectivity index (χ0n) is 11.5. The quantitative estimate of drug-likeness (QED) is 0.771. The van der Waals surface area contributed by atoms with Gasteiger partial charge in [-0.1, -0.05) is 12.1 Å². The van der Waals surface area contributed by atoms with E-state index in [4.69, 9.17) is 9.26 Å². The summed E-state index contributed by atoms with van der Waals surface area (Å²) < 4.78 is 11.0. The molecule has 1 aromatic rings. The zero-order chi connectivity index (χ0) is 13.0. The summed E-state index contributed by atoms with van der Waals surface area (Å²) in [6.07, 6.45) is 3.52. The first-order valence-electron chi connectivity index (χ1n) is 6.94. The van der Waals surface area contributed by atoms with Gasteiger partial charge in [0.25, 0.3) is 0 Å². The Kier molecular flexibility index (Phi) is 4.72. The summed E-state index contributed by atoms with van der Waals surface area (Å²) in [6, 6.07) is 0.104. The molecule has 0 aromatic carbocycles. The highest BCUT2D eigenvalue weighted by Gasteiger charge is 2.36. The summed E-state index contributed by atoms with van der Waals surface area (Å²) in [7, 11) is 0. The largest absolute Gasteiger partial charge is 0.370 e. The molecule has 102 valence electrons. The molecular formula is C13H23N3O2. The van der Waals surface area contributed by atoms with Crippen LogP contribution in [-0.4, -0.2) is 23.3 Å². The van der Waals surface area contributed by atoms with Gasteiger partial charge in [-0.2, -0.15) is 4.98 Å². The smallest absolute Gasteiger partial charge is 0.243 e. The highest BCUT2D eigenvalue weighted by Crippen LogP contribution is 2.42. The van der Waals surface area contributed by atoms with E-state index in [-0.39, 0.29) is 12.1 Å². The van der Waals surface area contributed by atoms with Gasteiger partial charge in [-0.3, -0.25) is 0 Å². The van der Waals surface area contributed by atoms with Crippen molar-refractivity contribution in [1.29, 1.82) is 0 Å². The minimum atomic E-state index is 0.0193. The lowest BCUT2D eigenvalue weighted by Gasteiger charge is -2.11. The van der Waals surface area contributed by atoms with Crippen LogP contribution in [0.3, 0.4) is 0 Å². The Balaban J connectivity index is 1.99. The maximum Gasteiger partial charge on any atom is 0.243 e. The van der Waals surface area contributed by atoms with Crippen LogP contribution < -0.4 is 5.32 Å². The standard InChI is InChI=1S/C13H23N3O2/c1-4-8-14-9(3)13-15-12(16-18-13)11(17-5-2)10-6-7-10/h9-11,14H,4-8H2,1-3H3. The van der Waals surface area contributed by atoms with Crippen LogP contribution in [0.5, 0.6) is 0 Å². The van der Waals surface area contributed by atoms with Gasteiger partial charge >= 0.3 is 0 Å². The second kappa shape index (κ2) is 6.29. The van der Waals surface area contributed by atoms with Crippen molar-refractivity contribution in [3.63, 3.8) is 0 Å².